The average molecular weight is 428 g/mol. The van der Waals surface area contributed by atoms with Gasteiger partial charge < -0.3 is 14.8 Å². The highest BCUT2D eigenvalue weighted by molar-refractivity contribution is 5.91. The van der Waals surface area contributed by atoms with Gasteiger partial charge in [0.25, 0.3) is 0 Å². The maximum absolute atomic E-state index is 13.9. The van der Waals surface area contributed by atoms with Crippen molar-refractivity contribution in [1.82, 2.24) is 19.4 Å². The highest BCUT2D eigenvalue weighted by atomic mass is 19.4. The van der Waals surface area contributed by atoms with Gasteiger partial charge in [-0.3, -0.25) is 0 Å². The van der Waals surface area contributed by atoms with Crippen LogP contribution in [0, 0.1) is 17.2 Å². The molecule has 4 rings (SSSR count). The third-order valence-corrected chi connectivity index (χ3v) is 5.73. The normalized spacial score (nSPS) is 17.6. The molecular weight excluding hydrogens is 405 g/mol. The largest absolute Gasteiger partial charge is 0.418 e. The molecular formula is C22H23F3N6. The van der Waals surface area contributed by atoms with Crippen molar-refractivity contribution in [1.29, 1.82) is 5.26 Å². The summed E-state index contributed by atoms with van der Waals surface area (Å²) in [5.74, 6) is 0.227. The molecule has 0 radical (unpaired) electrons. The molecule has 3 heterocycles. The van der Waals surface area contributed by atoms with Gasteiger partial charge in [-0.15, -0.1) is 0 Å². The lowest BCUT2D eigenvalue weighted by Crippen LogP contribution is -2.35. The molecule has 2 aromatic heterocycles. The minimum Gasteiger partial charge on any atom is -0.384 e. The lowest BCUT2D eigenvalue weighted by Gasteiger charge is -2.30. The number of anilines is 1. The number of alkyl halides is 3. The van der Waals surface area contributed by atoms with Gasteiger partial charge in [0, 0.05) is 43.0 Å². The molecule has 1 atom stereocenters. The van der Waals surface area contributed by atoms with Crippen LogP contribution in [-0.4, -0.2) is 46.1 Å². The molecule has 162 valence electrons. The van der Waals surface area contributed by atoms with Crippen molar-refractivity contribution < 1.29 is 13.2 Å². The quantitative estimate of drug-likeness (QED) is 0.672. The zero-order valence-corrected chi connectivity index (χ0v) is 17.4. The summed E-state index contributed by atoms with van der Waals surface area (Å²) >= 11 is 0. The molecule has 3 aromatic rings. The summed E-state index contributed by atoms with van der Waals surface area (Å²) in [5.41, 5.74) is 0.427. The van der Waals surface area contributed by atoms with Crippen molar-refractivity contribution in [2.45, 2.75) is 19.0 Å². The van der Waals surface area contributed by atoms with Crippen molar-refractivity contribution in [3.8, 4) is 17.3 Å². The predicted octanol–water partition coefficient (Wildman–Crippen LogP) is 4.28. The Morgan fingerprint density at radius 3 is 2.74 bits per heavy atom. The number of halogens is 3. The molecule has 1 fully saturated rings. The van der Waals surface area contributed by atoms with Gasteiger partial charge in [-0.1, -0.05) is 6.07 Å². The van der Waals surface area contributed by atoms with Gasteiger partial charge in [0.2, 0.25) is 5.82 Å². The van der Waals surface area contributed by atoms with Crippen LogP contribution in [0.15, 0.2) is 30.5 Å². The number of hydrogen-bond donors (Lipinski definition) is 1. The number of fused-ring (bicyclic) bond motifs is 1. The van der Waals surface area contributed by atoms with Gasteiger partial charge in [-0.2, -0.15) is 18.4 Å². The van der Waals surface area contributed by atoms with Crippen molar-refractivity contribution in [2.24, 2.45) is 13.0 Å². The number of benzene rings is 1. The zero-order chi connectivity index (χ0) is 22.2. The number of rotatable bonds is 4. The van der Waals surface area contributed by atoms with Gasteiger partial charge >= 0.3 is 6.18 Å². The Morgan fingerprint density at radius 1 is 1.23 bits per heavy atom. The molecule has 0 bridgehead atoms. The summed E-state index contributed by atoms with van der Waals surface area (Å²) in [4.78, 5) is 10.6. The van der Waals surface area contributed by atoms with Gasteiger partial charge in [-0.05, 0) is 50.6 Å². The molecule has 9 heteroatoms. The minimum absolute atomic E-state index is 0.0587. The number of nitrogens with zero attached hydrogens (tertiary/aromatic N) is 5. The fourth-order valence-electron chi connectivity index (χ4n) is 4.18. The van der Waals surface area contributed by atoms with Crippen LogP contribution in [0.1, 0.15) is 24.2 Å². The fourth-order valence-corrected chi connectivity index (χ4v) is 4.18. The third kappa shape index (κ3) is 4.35. The van der Waals surface area contributed by atoms with Crippen molar-refractivity contribution in [2.75, 3.05) is 32.0 Å². The van der Waals surface area contributed by atoms with E-state index in [0.29, 0.717) is 34.8 Å². The van der Waals surface area contributed by atoms with Crippen LogP contribution in [0.3, 0.4) is 0 Å². The number of aromatic nitrogens is 3. The molecule has 6 nitrogen and oxygen atoms in total. The van der Waals surface area contributed by atoms with Crippen LogP contribution in [-0.2, 0) is 13.2 Å². The fraction of sp³-hybridized carbons (Fsp3) is 0.409. The first-order valence-corrected chi connectivity index (χ1v) is 10.1. The van der Waals surface area contributed by atoms with Crippen LogP contribution < -0.4 is 5.32 Å². The van der Waals surface area contributed by atoms with Crippen LogP contribution in [0.4, 0.5) is 18.9 Å². The SMILES string of the molecule is CN1CCC[C@H](CNc2ccc(-c3nc(C#N)nc4c3ccn4C)cc2C(F)(F)F)C1. The molecule has 1 N–H and O–H groups in total. The number of nitriles is 1. The summed E-state index contributed by atoms with van der Waals surface area (Å²) in [6.45, 7) is 2.38. The maximum atomic E-state index is 13.9. The van der Waals surface area contributed by atoms with E-state index in [1.54, 1.807) is 29.9 Å². The van der Waals surface area contributed by atoms with Crippen molar-refractivity contribution in [3.05, 3.63) is 41.9 Å². The first-order valence-electron chi connectivity index (χ1n) is 10.1. The number of piperidine rings is 1. The molecule has 0 saturated carbocycles. The van der Waals surface area contributed by atoms with E-state index in [9.17, 15) is 18.4 Å². The van der Waals surface area contributed by atoms with Crippen molar-refractivity contribution in [3.63, 3.8) is 0 Å². The van der Waals surface area contributed by atoms with E-state index in [4.69, 9.17) is 0 Å². The van der Waals surface area contributed by atoms with E-state index in [0.717, 1.165) is 32.0 Å². The third-order valence-electron chi connectivity index (χ3n) is 5.73. The van der Waals surface area contributed by atoms with E-state index >= 15 is 0 Å². The van der Waals surface area contributed by atoms with Crippen LogP contribution in [0.2, 0.25) is 0 Å². The van der Waals surface area contributed by atoms with Crippen LogP contribution >= 0.6 is 0 Å². The number of likely N-dealkylation sites (tertiary alicyclic amines) is 1. The highest BCUT2D eigenvalue weighted by Crippen LogP contribution is 2.38. The van der Waals surface area contributed by atoms with Gasteiger partial charge in [0.1, 0.15) is 11.7 Å². The molecule has 0 aliphatic carbocycles. The highest BCUT2D eigenvalue weighted by Gasteiger charge is 2.34. The molecule has 1 aromatic carbocycles. The van der Waals surface area contributed by atoms with E-state index in [-0.39, 0.29) is 11.5 Å². The second-order valence-electron chi connectivity index (χ2n) is 8.08. The monoisotopic (exact) mass is 428 g/mol. The molecule has 31 heavy (non-hydrogen) atoms. The van der Waals surface area contributed by atoms with Gasteiger partial charge in [-0.25, -0.2) is 9.97 Å². The maximum Gasteiger partial charge on any atom is 0.418 e. The summed E-state index contributed by atoms with van der Waals surface area (Å²) in [7, 11) is 3.79. The topological polar surface area (TPSA) is 69.8 Å². The summed E-state index contributed by atoms with van der Waals surface area (Å²) in [6.07, 6.45) is -0.731. The second-order valence-corrected chi connectivity index (χ2v) is 8.08. The van der Waals surface area contributed by atoms with Crippen LogP contribution in [0.5, 0.6) is 0 Å². The van der Waals surface area contributed by atoms with E-state index in [2.05, 4.69) is 20.2 Å². The number of nitrogens with one attached hydrogen (secondary N) is 1. The van der Waals surface area contributed by atoms with Gasteiger partial charge in [0.05, 0.1) is 11.3 Å². The number of hydrogen-bond acceptors (Lipinski definition) is 5. The summed E-state index contributed by atoms with van der Waals surface area (Å²) < 4.78 is 43.4. The average Bonchev–Trinajstić information content (AvgIpc) is 3.11. The standard InChI is InChI=1S/C22H23F3N6/c1-30-8-3-4-14(13-30)12-27-18-6-5-15(10-17(18)22(23,24)25)20-16-7-9-31(2)21(16)29-19(11-26)28-20/h5-7,9-10,14,27H,3-4,8,12-13H2,1-2H3/t14-/m1/s1. The number of aryl methyl sites for hydroxylation is 1. The van der Waals surface area contributed by atoms with E-state index < -0.39 is 11.7 Å². The molecule has 1 aliphatic heterocycles. The van der Waals surface area contributed by atoms with Crippen LogP contribution in [0.25, 0.3) is 22.3 Å². The van der Waals surface area contributed by atoms with E-state index in [1.807, 2.05) is 13.1 Å². The van der Waals surface area contributed by atoms with Crippen molar-refractivity contribution >= 4 is 16.7 Å². The Labute approximate surface area is 178 Å². The molecule has 0 spiro atoms. The summed E-state index contributed by atoms with van der Waals surface area (Å²) in [5, 5.41) is 12.9. The molecule has 1 aliphatic rings. The Bertz CT molecular complexity index is 1140. The molecule has 1 saturated heterocycles. The minimum atomic E-state index is -4.53. The first-order chi connectivity index (χ1) is 14.8. The lowest BCUT2D eigenvalue weighted by molar-refractivity contribution is -0.136. The lowest BCUT2D eigenvalue weighted by atomic mass is 9.98. The first kappa shape index (κ1) is 21.1. The Morgan fingerprint density at radius 2 is 2.03 bits per heavy atom. The molecule has 0 unspecified atom stereocenters. The zero-order valence-electron chi connectivity index (χ0n) is 17.4. The smallest absolute Gasteiger partial charge is 0.384 e. The Balaban J connectivity index is 1.71. The van der Waals surface area contributed by atoms with Gasteiger partial charge in [0.15, 0.2) is 0 Å². The Hall–Kier alpha value is -3.12. The molecule has 0 amide bonds. The van der Waals surface area contributed by atoms with E-state index in [1.165, 1.54) is 6.07 Å². The Kier molecular flexibility index (Phi) is 5.58. The second kappa shape index (κ2) is 8.19. The predicted molar refractivity (Wildman–Crippen MR) is 112 cm³/mol. The summed E-state index contributed by atoms with van der Waals surface area (Å²) in [6, 6.07) is 7.80.